The fourth-order valence-electron chi connectivity index (χ4n) is 2.33. The van der Waals surface area contributed by atoms with Gasteiger partial charge in [0.05, 0.1) is 4.90 Å². The Hall–Kier alpha value is -1.33. The van der Waals surface area contributed by atoms with Gasteiger partial charge < -0.3 is 10.7 Å². The van der Waals surface area contributed by atoms with Crippen molar-refractivity contribution in [3.8, 4) is 0 Å². The first-order chi connectivity index (χ1) is 9.20. The lowest BCUT2D eigenvalue weighted by atomic mass is 9.96. The lowest BCUT2D eigenvalue weighted by Crippen LogP contribution is -2.28. The topological polar surface area (TPSA) is 76.0 Å². The van der Waals surface area contributed by atoms with E-state index in [1.165, 1.54) is 6.26 Å². The zero-order valence-electron chi connectivity index (χ0n) is 12.4. The van der Waals surface area contributed by atoms with Gasteiger partial charge in [-0.05, 0) is 43.0 Å². The van der Waals surface area contributed by atoms with Crippen LogP contribution in [-0.2, 0) is 16.3 Å². The van der Waals surface area contributed by atoms with E-state index in [1.54, 1.807) is 12.1 Å². The molecule has 1 unspecified atom stereocenters. The lowest BCUT2D eigenvalue weighted by Gasteiger charge is -2.15. The summed E-state index contributed by atoms with van der Waals surface area (Å²) < 4.78 is 23.4. The highest BCUT2D eigenvalue weighted by molar-refractivity contribution is 7.90. The molecule has 0 aliphatic carbocycles. The van der Waals surface area contributed by atoms with Crippen LogP contribution >= 0.6 is 0 Å². The number of hydrogen-bond donors (Lipinski definition) is 2. The van der Waals surface area contributed by atoms with E-state index in [0.29, 0.717) is 10.8 Å². The molecule has 1 atom stereocenters. The minimum Gasteiger partial charge on any atom is -0.358 e. The molecule has 2 aromatic rings. The number of aromatic nitrogens is 1. The molecule has 0 bridgehead atoms. The van der Waals surface area contributed by atoms with E-state index < -0.39 is 9.84 Å². The zero-order valence-corrected chi connectivity index (χ0v) is 13.2. The standard InChI is InChI=1S/C15H22N2O2S/c1-9(2)14(16)8-12-10(3)17-15-6-5-11(7-13(12)15)20(4,18)19/h5-7,9,14,17H,8,16H2,1-4H3. The molecule has 110 valence electrons. The van der Waals surface area contributed by atoms with Gasteiger partial charge in [0, 0.05) is 28.9 Å². The third-order valence-electron chi connectivity index (χ3n) is 3.82. The smallest absolute Gasteiger partial charge is 0.175 e. The van der Waals surface area contributed by atoms with Crippen LogP contribution < -0.4 is 5.73 Å². The molecular formula is C15H22N2O2S. The van der Waals surface area contributed by atoms with Crippen LogP contribution in [0.5, 0.6) is 0 Å². The van der Waals surface area contributed by atoms with Crippen molar-refractivity contribution in [1.82, 2.24) is 4.98 Å². The highest BCUT2D eigenvalue weighted by Gasteiger charge is 2.16. The number of nitrogens with two attached hydrogens (primary N) is 1. The van der Waals surface area contributed by atoms with Crippen LogP contribution in [0.4, 0.5) is 0 Å². The predicted octanol–water partition coefficient (Wildman–Crippen LogP) is 2.41. The van der Waals surface area contributed by atoms with Crippen LogP contribution in [-0.4, -0.2) is 25.7 Å². The van der Waals surface area contributed by atoms with E-state index in [1.807, 2.05) is 13.0 Å². The van der Waals surface area contributed by atoms with Gasteiger partial charge in [-0.3, -0.25) is 0 Å². The number of aryl methyl sites for hydroxylation is 1. The van der Waals surface area contributed by atoms with Gasteiger partial charge in [0.2, 0.25) is 0 Å². The predicted molar refractivity (Wildman–Crippen MR) is 82.7 cm³/mol. The molecule has 20 heavy (non-hydrogen) atoms. The average Bonchev–Trinajstić information content (AvgIpc) is 2.64. The molecule has 1 heterocycles. The fraction of sp³-hybridized carbons (Fsp3) is 0.467. The largest absolute Gasteiger partial charge is 0.358 e. The van der Waals surface area contributed by atoms with Crippen LogP contribution in [0.15, 0.2) is 23.1 Å². The van der Waals surface area contributed by atoms with Gasteiger partial charge in [0.15, 0.2) is 9.84 Å². The highest BCUT2D eigenvalue weighted by Crippen LogP contribution is 2.26. The van der Waals surface area contributed by atoms with Crippen molar-refractivity contribution in [2.75, 3.05) is 6.26 Å². The fourth-order valence-corrected chi connectivity index (χ4v) is 2.97. The Morgan fingerprint density at radius 3 is 2.50 bits per heavy atom. The monoisotopic (exact) mass is 294 g/mol. The Bertz CT molecular complexity index is 730. The first-order valence-corrected chi connectivity index (χ1v) is 8.66. The molecule has 0 amide bonds. The quantitative estimate of drug-likeness (QED) is 0.909. The molecule has 0 saturated heterocycles. The van der Waals surface area contributed by atoms with Crippen molar-refractivity contribution < 1.29 is 8.42 Å². The van der Waals surface area contributed by atoms with Crippen LogP contribution in [0.25, 0.3) is 10.9 Å². The van der Waals surface area contributed by atoms with Crippen molar-refractivity contribution in [3.63, 3.8) is 0 Å². The SMILES string of the molecule is Cc1[nH]c2ccc(S(C)(=O)=O)cc2c1CC(N)C(C)C. The molecule has 0 radical (unpaired) electrons. The number of hydrogen-bond acceptors (Lipinski definition) is 3. The Morgan fingerprint density at radius 1 is 1.30 bits per heavy atom. The second kappa shape index (κ2) is 5.22. The molecule has 0 spiro atoms. The van der Waals surface area contributed by atoms with Gasteiger partial charge in [-0.15, -0.1) is 0 Å². The van der Waals surface area contributed by atoms with Crippen molar-refractivity contribution in [2.45, 2.75) is 38.1 Å². The van der Waals surface area contributed by atoms with E-state index in [0.717, 1.165) is 28.6 Å². The van der Waals surface area contributed by atoms with Crippen molar-refractivity contribution in [1.29, 1.82) is 0 Å². The molecule has 4 nitrogen and oxygen atoms in total. The number of H-pyrrole nitrogens is 1. The summed E-state index contributed by atoms with van der Waals surface area (Å²) in [5, 5.41) is 0.960. The van der Waals surface area contributed by atoms with Crippen LogP contribution in [0.2, 0.25) is 0 Å². The first-order valence-electron chi connectivity index (χ1n) is 6.77. The molecule has 0 saturated carbocycles. The third kappa shape index (κ3) is 2.88. The first kappa shape index (κ1) is 15.1. The molecule has 3 N–H and O–H groups in total. The summed E-state index contributed by atoms with van der Waals surface area (Å²) in [5.74, 6) is 0.387. The summed E-state index contributed by atoms with van der Waals surface area (Å²) in [7, 11) is -3.19. The lowest BCUT2D eigenvalue weighted by molar-refractivity contribution is 0.491. The Morgan fingerprint density at radius 2 is 1.95 bits per heavy atom. The number of fused-ring (bicyclic) bond motifs is 1. The summed E-state index contributed by atoms with van der Waals surface area (Å²) in [6, 6.07) is 5.27. The van der Waals surface area contributed by atoms with Crippen molar-refractivity contribution in [3.05, 3.63) is 29.5 Å². The molecule has 1 aromatic carbocycles. The minimum absolute atomic E-state index is 0.0644. The second-order valence-corrected chi connectivity index (χ2v) is 7.84. The van der Waals surface area contributed by atoms with Gasteiger partial charge in [0.1, 0.15) is 0 Å². The summed E-state index contributed by atoms with van der Waals surface area (Å²) in [6.07, 6.45) is 1.98. The molecule has 1 aromatic heterocycles. The maximum absolute atomic E-state index is 11.7. The molecule has 2 rings (SSSR count). The minimum atomic E-state index is -3.19. The maximum Gasteiger partial charge on any atom is 0.175 e. The molecule has 0 aliphatic heterocycles. The van der Waals surface area contributed by atoms with E-state index >= 15 is 0 Å². The van der Waals surface area contributed by atoms with E-state index in [-0.39, 0.29) is 6.04 Å². The molecular weight excluding hydrogens is 272 g/mol. The van der Waals surface area contributed by atoms with E-state index in [9.17, 15) is 8.42 Å². The number of benzene rings is 1. The summed E-state index contributed by atoms with van der Waals surface area (Å²) in [6.45, 7) is 6.19. The zero-order chi connectivity index (χ0) is 15.1. The van der Waals surface area contributed by atoms with Crippen molar-refractivity contribution in [2.24, 2.45) is 11.7 Å². The summed E-state index contributed by atoms with van der Waals surface area (Å²) in [4.78, 5) is 3.65. The molecule has 5 heteroatoms. The average molecular weight is 294 g/mol. The number of sulfone groups is 1. The summed E-state index contributed by atoms with van der Waals surface area (Å²) in [5.41, 5.74) is 9.29. The van der Waals surface area contributed by atoms with Crippen molar-refractivity contribution >= 4 is 20.7 Å². The number of nitrogens with one attached hydrogen (secondary N) is 1. The van der Waals surface area contributed by atoms with Gasteiger partial charge in [-0.25, -0.2) is 8.42 Å². The molecule has 0 aliphatic rings. The Kier molecular flexibility index (Phi) is 3.93. The number of rotatable bonds is 4. The second-order valence-electron chi connectivity index (χ2n) is 5.82. The van der Waals surface area contributed by atoms with E-state index in [2.05, 4.69) is 18.8 Å². The third-order valence-corrected chi connectivity index (χ3v) is 4.93. The Balaban J connectivity index is 2.56. The van der Waals surface area contributed by atoms with Crippen LogP contribution in [0.3, 0.4) is 0 Å². The maximum atomic E-state index is 11.7. The number of aromatic amines is 1. The van der Waals surface area contributed by atoms with Gasteiger partial charge in [0.25, 0.3) is 0 Å². The van der Waals surface area contributed by atoms with Crippen LogP contribution in [0.1, 0.15) is 25.1 Å². The van der Waals surface area contributed by atoms with Crippen LogP contribution in [0, 0.1) is 12.8 Å². The van der Waals surface area contributed by atoms with E-state index in [4.69, 9.17) is 5.73 Å². The van der Waals surface area contributed by atoms with Gasteiger partial charge in [-0.2, -0.15) is 0 Å². The molecule has 0 fully saturated rings. The highest BCUT2D eigenvalue weighted by atomic mass is 32.2. The normalized spacial score (nSPS) is 14.1. The summed E-state index contributed by atoms with van der Waals surface area (Å²) >= 11 is 0. The Labute approximate surface area is 120 Å². The van der Waals surface area contributed by atoms with Gasteiger partial charge >= 0.3 is 0 Å². The van der Waals surface area contributed by atoms with Gasteiger partial charge in [-0.1, -0.05) is 13.8 Å².